The third-order valence-electron chi connectivity index (χ3n) is 3.68. The lowest BCUT2D eigenvalue weighted by molar-refractivity contribution is -0.384. The van der Waals surface area contributed by atoms with E-state index in [-0.39, 0.29) is 11.6 Å². The number of nitrogens with one attached hydrogen (secondary N) is 1. The number of para-hydroxylation sites is 1. The van der Waals surface area contributed by atoms with Crippen LogP contribution in [-0.4, -0.2) is 36.3 Å². The summed E-state index contributed by atoms with van der Waals surface area (Å²) in [5.41, 5.74) is 1.08. The molecule has 0 unspecified atom stereocenters. The monoisotopic (exact) mass is 384 g/mol. The van der Waals surface area contributed by atoms with E-state index in [9.17, 15) is 14.9 Å². The van der Waals surface area contributed by atoms with Gasteiger partial charge < -0.3 is 5.32 Å². The number of non-ortho nitro benzene ring substituents is 1. The molecule has 0 radical (unpaired) electrons. The average molecular weight is 384 g/mol. The van der Waals surface area contributed by atoms with Gasteiger partial charge in [-0.25, -0.2) is 0 Å². The van der Waals surface area contributed by atoms with Crippen molar-refractivity contribution >= 4 is 29.0 Å². The average Bonchev–Trinajstić information content (AvgIpc) is 3.15. The highest BCUT2D eigenvalue weighted by molar-refractivity contribution is 8.00. The zero-order chi connectivity index (χ0) is 19.2. The first-order valence-electron chi connectivity index (χ1n) is 8.14. The second-order valence-corrected chi connectivity index (χ2v) is 6.69. The van der Waals surface area contributed by atoms with Crippen molar-refractivity contribution in [2.45, 2.75) is 23.8 Å². The summed E-state index contributed by atoms with van der Waals surface area (Å²) < 4.78 is 1.56. The maximum Gasteiger partial charge on any atom is 0.271 e. The van der Waals surface area contributed by atoms with E-state index in [0.717, 1.165) is 5.69 Å². The molecule has 0 aliphatic carbocycles. The highest BCUT2D eigenvalue weighted by Gasteiger charge is 2.22. The van der Waals surface area contributed by atoms with Gasteiger partial charge in [-0.2, -0.15) is 4.68 Å². The molecule has 9 nitrogen and oxygen atoms in total. The van der Waals surface area contributed by atoms with Gasteiger partial charge in [0.2, 0.25) is 11.1 Å². The summed E-state index contributed by atoms with van der Waals surface area (Å²) in [6, 6.07) is 15.2. The molecule has 1 atom stereocenters. The maximum atomic E-state index is 12.6. The molecule has 0 bridgehead atoms. The molecule has 3 aromatic rings. The van der Waals surface area contributed by atoms with Crippen LogP contribution in [0.25, 0.3) is 5.69 Å². The van der Waals surface area contributed by atoms with Gasteiger partial charge in [-0.15, -0.1) is 5.10 Å². The van der Waals surface area contributed by atoms with Crippen LogP contribution >= 0.6 is 11.8 Å². The Morgan fingerprint density at radius 3 is 2.74 bits per heavy atom. The van der Waals surface area contributed by atoms with E-state index in [4.69, 9.17) is 0 Å². The smallest absolute Gasteiger partial charge is 0.271 e. The van der Waals surface area contributed by atoms with Crippen molar-refractivity contribution in [3.63, 3.8) is 0 Å². The number of tetrazole rings is 1. The van der Waals surface area contributed by atoms with Crippen LogP contribution in [-0.2, 0) is 4.79 Å². The number of benzene rings is 2. The number of nitrogens with zero attached hydrogens (tertiary/aromatic N) is 5. The van der Waals surface area contributed by atoms with Crippen LogP contribution in [0.5, 0.6) is 0 Å². The van der Waals surface area contributed by atoms with E-state index in [0.29, 0.717) is 17.3 Å². The molecule has 27 heavy (non-hydrogen) atoms. The molecule has 138 valence electrons. The normalized spacial score (nSPS) is 11.7. The number of rotatable bonds is 7. The lowest BCUT2D eigenvalue weighted by atomic mass is 10.2. The number of thioether (sulfide) groups is 1. The first kappa shape index (κ1) is 18.5. The fourth-order valence-corrected chi connectivity index (χ4v) is 3.27. The largest absolute Gasteiger partial charge is 0.325 e. The summed E-state index contributed by atoms with van der Waals surface area (Å²) in [6.07, 6.45) is 0.535. The fourth-order valence-electron chi connectivity index (χ4n) is 2.35. The van der Waals surface area contributed by atoms with E-state index in [1.165, 1.54) is 30.0 Å². The summed E-state index contributed by atoms with van der Waals surface area (Å²) in [4.78, 5) is 23.0. The Labute approximate surface area is 158 Å². The number of nitro benzene ring substituents is 1. The van der Waals surface area contributed by atoms with Crippen LogP contribution in [0.2, 0.25) is 0 Å². The molecule has 0 spiro atoms. The predicted octanol–water partition coefficient (Wildman–Crippen LogP) is 3.08. The second-order valence-electron chi connectivity index (χ2n) is 5.52. The number of hydrogen-bond donors (Lipinski definition) is 1. The summed E-state index contributed by atoms with van der Waals surface area (Å²) in [6.45, 7) is 1.88. The van der Waals surface area contributed by atoms with Crippen LogP contribution < -0.4 is 5.32 Å². The van der Waals surface area contributed by atoms with Crippen molar-refractivity contribution in [1.82, 2.24) is 20.2 Å². The molecule has 0 saturated carbocycles. The van der Waals surface area contributed by atoms with Gasteiger partial charge in [0, 0.05) is 17.8 Å². The molecule has 0 saturated heterocycles. The Hall–Kier alpha value is -3.27. The Morgan fingerprint density at radius 2 is 2.04 bits per heavy atom. The van der Waals surface area contributed by atoms with E-state index in [1.807, 2.05) is 37.3 Å². The minimum atomic E-state index is -0.504. The first-order chi connectivity index (χ1) is 13.1. The van der Waals surface area contributed by atoms with Crippen LogP contribution in [0.1, 0.15) is 13.3 Å². The van der Waals surface area contributed by atoms with E-state index in [1.54, 1.807) is 10.7 Å². The molecule has 0 fully saturated rings. The molecular weight excluding hydrogens is 368 g/mol. The van der Waals surface area contributed by atoms with E-state index in [2.05, 4.69) is 20.8 Å². The minimum absolute atomic E-state index is 0.0819. The highest BCUT2D eigenvalue weighted by Crippen LogP contribution is 2.26. The van der Waals surface area contributed by atoms with Gasteiger partial charge >= 0.3 is 0 Å². The number of hydrogen-bond acceptors (Lipinski definition) is 7. The van der Waals surface area contributed by atoms with E-state index >= 15 is 0 Å². The van der Waals surface area contributed by atoms with Crippen LogP contribution in [0, 0.1) is 10.1 Å². The molecular formula is C17H16N6O3S. The zero-order valence-electron chi connectivity index (χ0n) is 14.3. The van der Waals surface area contributed by atoms with Gasteiger partial charge in [0.1, 0.15) is 0 Å². The third-order valence-corrected chi connectivity index (χ3v) is 4.97. The van der Waals surface area contributed by atoms with Gasteiger partial charge in [0.15, 0.2) is 0 Å². The molecule has 2 aromatic carbocycles. The Kier molecular flexibility index (Phi) is 5.77. The number of carbonyl (C=O) groups is 1. The van der Waals surface area contributed by atoms with Gasteiger partial charge in [0.25, 0.3) is 5.69 Å². The summed E-state index contributed by atoms with van der Waals surface area (Å²) in [7, 11) is 0. The van der Waals surface area contributed by atoms with Crippen LogP contribution in [0.3, 0.4) is 0 Å². The van der Waals surface area contributed by atoms with Crippen molar-refractivity contribution in [3.05, 3.63) is 64.7 Å². The molecule has 1 aromatic heterocycles. The number of aromatic nitrogens is 4. The van der Waals surface area contributed by atoms with E-state index < -0.39 is 10.2 Å². The second kappa shape index (κ2) is 8.41. The standard InChI is InChI=1S/C17H16N6O3S/c1-2-15(16(24)18-12-7-6-10-14(11-12)23(25)26)27-17-19-20-21-22(17)13-8-4-3-5-9-13/h3-11,15H,2H2,1H3,(H,18,24)/t15-/m0/s1. The molecule has 10 heteroatoms. The summed E-state index contributed by atoms with van der Waals surface area (Å²) in [5.74, 6) is -0.273. The summed E-state index contributed by atoms with van der Waals surface area (Å²) in [5, 5.41) is 25.3. The summed E-state index contributed by atoms with van der Waals surface area (Å²) >= 11 is 1.24. The van der Waals surface area contributed by atoms with Crippen molar-refractivity contribution in [2.24, 2.45) is 0 Å². The molecule has 3 rings (SSSR count). The lowest BCUT2D eigenvalue weighted by Gasteiger charge is -2.14. The lowest BCUT2D eigenvalue weighted by Crippen LogP contribution is -2.25. The Balaban J connectivity index is 1.75. The Bertz CT molecular complexity index is 947. The van der Waals surface area contributed by atoms with Gasteiger partial charge in [0.05, 0.1) is 15.9 Å². The quantitative estimate of drug-likeness (QED) is 0.378. The Morgan fingerprint density at radius 1 is 1.26 bits per heavy atom. The van der Waals surface area contributed by atoms with Gasteiger partial charge in [-0.3, -0.25) is 14.9 Å². The van der Waals surface area contributed by atoms with Crippen molar-refractivity contribution in [2.75, 3.05) is 5.32 Å². The third kappa shape index (κ3) is 4.47. The molecule has 0 aliphatic rings. The zero-order valence-corrected chi connectivity index (χ0v) is 15.2. The van der Waals surface area contributed by atoms with Crippen molar-refractivity contribution < 1.29 is 9.72 Å². The van der Waals surface area contributed by atoms with Gasteiger partial charge in [-0.05, 0) is 35.0 Å². The number of carbonyl (C=O) groups excluding carboxylic acids is 1. The number of nitro groups is 1. The predicted molar refractivity (Wildman–Crippen MR) is 101 cm³/mol. The topological polar surface area (TPSA) is 116 Å². The molecule has 1 amide bonds. The minimum Gasteiger partial charge on any atom is -0.325 e. The SMILES string of the molecule is CC[C@H](Sc1nnnn1-c1ccccc1)C(=O)Nc1cccc([N+](=O)[O-])c1. The molecule has 1 N–H and O–H groups in total. The maximum absolute atomic E-state index is 12.6. The fraction of sp³-hybridized carbons (Fsp3) is 0.176. The first-order valence-corrected chi connectivity index (χ1v) is 9.02. The van der Waals surface area contributed by atoms with Crippen molar-refractivity contribution in [1.29, 1.82) is 0 Å². The highest BCUT2D eigenvalue weighted by atomic mass is 32.2. The van der Waals surface area contributed by atoms with Crippen molar-refractivity contribution in [3.8, 4) is 5.69 Å². The molecule has 0 aliphatic heterocycles. The van der Waals surface area contributed by atoms with Crippen LogP contribution in [0.4, 0.5) is 11.4 Å². The number of amides is 1. The number of anilines is 1. The molecule has 1 heterocycles. The van der Waals surface area contributed by atoms with Gasteiger partial charge in [-0.1, -0.05) is 43.0 Å². The van der Waals surface area contributed by atoms with Crippen LogP contribution in [0.15, 0.2) is 59.8 Å².